The van der Waals surface area contributed by atoms with E-state index in [0.29, 0.717) is 0 Å². The Morgan fingerprint density at radius 3 is 2.65 bits per heavy atom. The van der Waals surface area contributed by atoms with Gasteiger partial charge in [-0.25, -0.2) is 0 Å². The van der Waals surface area contributed by atoms with Crippen LogP contribution in [-0.2, 0) is 18.3 Å². The largest absolute Gasteiger partial charge is 0.362 e. The second-order valence-electron chi connectivity index (χ2n) is 5.63. The molecular weight excluding hydrogens is 206 g/mol. The lowest BCUT2D eigenvalue weighted by molar-refractivity contribution is 0.637. The number of hydrogen-bond acceptors (Lipinski definition) is 0. The normalized spacial score (nSPS) is 17.1. The molecule has 0 bridgehead atoms. The first-order valence-corrected chi connectivity index (χ1v) is 6.36. The maximum Gasteiger partial charge on any atom is 0.0194 e. The van der Waals surface area contributed by atoms with Gasteiger partial charge in [-0.05, 0) is 42.5 Å². The van der Waals surface area contributed by atoms with Crippen LogP contribution in [0, 0.1) is 6.92 Å². The fourth-order valence-corrected chi connectivity index (χ4v) is 3.15. The van der Waals surface area contributed by atoms with Crippen LogP contribution in [-0.4, -0.2) is 4.98 Å². The molecule has 0 amide bonds. The first kappa shape index (κ1) is 10.6. The summed E-state index contributed by atoms with van der Waals surface area (Å²) < 4.78 is 0. The summed E-state index contributed by atoms with van der Waals surface area (Å²) in [7, 11) is 0. The third kappa shape index (κ3) is 1.53. The van der Waals surface area contributed by atoms with Gasteiger partial charge < -0.3 is 4.98 Å². The van der Waals surface area contributed by atoms with E-state index >= 15 is 0 Å². The zero-order valence-corrected chi connectivity index (χ0v) is 10.8. The first-order chi connectivity index (χ1) is 8.09. The Balaban J connectivity index is 2.26. The van der Waals surface area contributed by atoms with Gasteiger partial charge in [0.2, 0.25) is 0 Å². The van der Waals surface area contributed by atoms with E-state index in [9.17, 15) is 0 Å². The van der Waals surface area contributed by atoms with Gasteiger partial charge in [0, 0.05) is 16.8 Å². The molecule has 1 N–H and O–H groups in total. The highest BCUT2D eigenvalue weighted by atomic mass is 14.7. The van der Waals surface area contributed by atoms with E-state index in [1.165, 1.54) is 28.1 Å². The van der Waals surface area contributed by atoms with Crippen LogP contribution in [0.15, 0.2) is 30.3 Å². The fraction of sp³-hybridized carbons (Fsp3) is 0.375. The Kier molecular flexibility index (Phi) is 2.19. The molecule has 1 nitrogen and oxygen atoms in total. The van der Waals surface area contributed by atoms with E-state index in [4.69, 9.17) is 0 Å². The maximum absolute atomic E-state index is 3.53. The minimum atomic E-state index is 0.118. The van der Waals surface area contributed by atoms with Crippen molar-refractivity contribution < 1.29 is 0 Å². The van der Waals surface area contributed by atoms with Gasteiger partial charge in [0.05, 0.1) is 0 Å². The molecule has 0 unspecified atom stereocenters. The number of benzene rings is 1. The summed E-state index contributed by atoms with van der Waals surface area (Å²) >= 11 is 0. The van der Waals surface area contributed by atoms with Crippen molar-refractivity contribution in [1.82, 2.24) is 4.98 Å². The second kappa shape index (κ2) is 3.49. The zero-order chi connectivity index (χ0) is 12.0. The van der Waals surface area contributed by atoms with Crippen molar-refractivity contribution in [2.24, 2.45) is 0 Å². The number of aromatic amines is 1. The molecule has 0 atom stereocenters. The van der Waals surface area contributed by atoms with Crippen molar-refractivity contribution in [3.63, 3.8) is 0 Å². The van der Waals surface area contributed by atoms with Crippen LogP contribution in [0.1, 0.15) is 41.9 Å². The van der Waals surface area contributed by atoms with Gasteiger partial charge >= 0.3 is 0 Å². The van der Waals surface area contributed by atoms with E-state index < -0.39 is 0 Å². The van der Waals surface area contributed by atoms with Crippen LogP contribution in [0.2, 0.25) is 0 Å². The quantitative estimate of drug-likeness (QED) is 0.703. The summed E-state index contributed by atoms with van der Waals surface area (Å²) in [6.45, 7) is 6.82. The molecule has 1 aromatic heterocycles. The third-order valence-corrected chi connectivity index (χ3v) is 4.04. The molecule has 1 aromatic carbocycles. The number of aromatic nitrogens is 1. The molecule has 0 fully saturated rings. The Hall–Kier alpha value is -1.50. The number of H-pyrrole nitrogens is 1. The predicted octanol–water partition coefficient (Wildman–Crippen LogP) is 3.75. The van der Waals surface area contributed by atoms with Crippen molar-refractivity contribution in [2.45, 2.75) is 39.0 Å². The molecule has 0 spiro atoms. The lowest BCUT2D eigenvalue weighted by Crippen LogP contribution is -2.19. The summed E-state index contributed by atoms with van der Waals surface area (Å²) in [6.07, 6.45) is 2.27. The second-order valence-corrected chi connectivity index (χ2v) is 5.63. The van der Waals surface area contributed by atoms with Crippen molar-refractivity contribution in [1.29, 1.82) is 0 Å². The average molecular weight is 225 g/mol. The monoisotopic (exact) mass is 225 g/mol. The molecule has 1 heteroatoms. The Morgan fingerprint density at radius 1 is 1.06 bits per heavy atom. The van der Waals surface area contributed by atoms with Gasteiger partial charge in [-0.1, -0.05) is 38.1 Å². The number of rotatable bonds is 0. The minimum absolute atomic E-state index is 0.118. The third-order valence-electron chi connectivity index (χ3n) is 4.04. The molecular formula is C16H19N. The Morgan fingerprint density at radius 2 is 1.82 bits per heavy atom. The Bertz CT molecular complexity index is 561. The molecule has 17 heavy (non-hydrogen) atoms. The topological polar surface area (TPSA) is 15.8 Å². The molecule has 0 radical (unpaired) electrons. The van der Waals surface area contributed by atoms with Gasteiger partial charge in [0.25, 0.3) is 0 Å². The van der Waals surface area contributed by atoms with Gasteiger partial charge in [-0.3, -0.25) is 0 Å². The van der Waals surface area contributed by atoms with Gasteiger partial charge in [0.1, 0.15) is 0 Å². The van der Waals surface area contributed by atoms with Gasteiger partial charge in [-0.15, -0.1) is 0 Å². The highest BCUT2D eigenvalue weighted by Crippen LogP contribution is 2.39. The molecule has 0 aliphatic heterocycles. The lowest BCUT2D eigenvalue weighted by Gasteiger charge is -2.26. The average Bonchev–Trinajstić information content (AvgIpc) is 2.65. The number of hydrogen-bond donors (Lipinski definition) is 1. The molecule has 1 aliphatic carbocycles. The fourth-order valence-electron chi connectivity index (χ4n) is 3.15. The van der Waals surface area contributed by atoms with Crippen molar-refractivity contribution in [2.75, 3.05) is 0 Å². The summed E-state index contributed by atoms with van der Waals surface area (Å²) in [5.74, 6) is 0. The summed E-state index contributed by atoms with van der Waals surface area (Å²) in [6, 6.07) is 11.2. The van der Waals surface area contributed by atoms with E-state index in [-0.39, 0.29) is 5.41 Å². The highest BCUT2D eigenvalue weighted by molar-refractivity contribution is 5.47. The highest BCUT2D eigenvalue weighted by Gasteiger charge is 2.31. The minimum Gasteiger partial charge on any atom is -0.362 e. The van der Waals surface area contributed by atoms with E-state index in [1.54, 1.807) is 0 Å². The molecule has 0 saturated carbocycles. The van der Waals surface area contributed by atoms with Crippen LogP contribution in [0.25, 0.3) is 0 Å². The van der Waals surface area contributed by atoms with Gasteiger partial charge in [-0.2, -0.15) is 0 Å². The van der Waals surface area contributed by atoms with Crippen molar-refractivity contribution in [3.8, 4) is 0 Å². The van der Waals surface area contributed by atoms with Crippen molar-refractivity contribution in [3.05, 3.63) is 58.4 Å². The molecule has 3 rings (SSSR count). The molecule has 0 saturated heterocycles. The van der Waals surface area contributed by atoms with Crippen LogP contribution in [0.4, 0.5) is 0 Å². The van der Waals surface area contributed by atoms with E-state index in [1.807, 2.05) is 0 Å². The smallest absolute Gasteiger partial charge is 0.0194 e. The van der Waals surface area contributed by atoms with Gasteiger partial charge in [0.15, 0.2) is 0 Å². The number of nitrogens with one attached hydrogen (secondary N) is 1. The summed E-state index contributed by atoms with van der Waals surface area (Å²) in [5.41, 5.74) is 7.27. The SMILES string of the molecule is Cc1cc2c([nH]1)CCc1ccccc1C2(C)C. The van der Waals surface area contributed by atoms with E-state index in [2.05, 4.69) is 56.1 Å². The standard InChI is InChI=1S/C16H19N/c1-11-10-14-15(17-11)9-8-12-6-4-5-7-13(12)16(14,2)3/h4-7,10,17H,8-9H2,1-3H3. The summed E-state index contributed by atoms with van der Waals surface area (Å²) in [5, 5.41) is 0. The zero-order valence-electron chi connectivity index (χ0n) is 10.8. The molecule has 1 aliphatic rings. The number of fused-ring (bicyclic) bond motifs is 2. The van der Waals surface area contributed by atoms with Crippen LogP contribution >= 0.6 is 0 Å². The molecule has 88 valence electrons. The van der Waals surface area contributed by atoms with Crippen LogP contribution in [0.5, 0.6) is 0 Å². The molecule has 2 aromatic rings. The number of aryl methyl sites for hydroxylation is 3. The van der Waals surface area contributed by atoms with Crippen LogP contribution < -0.4 is 0 Å². The van der Waals surface area contributed by atoms with Crippen LogP contribution in [0.3, 0.4) is 0 Å². The first-order valence-electron chi connectivity index (χ1n) is 6.36. The Labute approximate surface area is 103 Å². The van der Waals surface area contributed by atoms with Crippen molar-refractivity contribution >= 4 is 0 Å². The van der Waals surface area contributed by atoms with E-state index in [0.717, 1.165) is 12.8 Å². The lowest BCUT2D eigenvalue weighted by atomic mass is 9.77. The predicted molar refractivity (Wildman–Crippen MR) is 71.5 cm³/mol. The maximum atomic E-state index is 3.53. The molecule has 1 heterocycles. The summed E-state index contributed by atoms with van der Waals surface area (Å²) in [4.78, 5) is 3.53.